The fourth-order valence-electron chi connectivity index (χ4n) is 7.85. The van der Waals surface area contributed by atoms with Gasteiger partial charge in [-0.2, -0.15) is 0 Å². The van der Waals surface area contributed by atoms with Crippen LogP contribution in [0.15, 0.2) is 144 Å². The van der Waals surface area contributed by atoms with E-state index in [0.29, 0.717) is 0 Å². The molecule has 6 aromatic carbocycles. The molecule has 0 unspecified atom stereocenters. The number of hydrogen-bond donors (Lipinski definition) is 0. The summed E-state index contributed by atoms with van der Waals surface area (Å²) >= 11 is 0. The van der Waals surface area contributed by atoms with E-state index >= 15 is 0 Å². The van der Waals surface area contributed by atoms with Crippen LogP contribution in [0.2, 0.25) is 13.1 Å². The van der Waals surface area contributed by atoms with Crippen LogP contribution in [0.1, 0.15) is 0 Å². The SMILES string of the molecule is C[Si]1(C)c2ccccc2-c2nc(-c3ccccc3-n3c4ccccc4c4cc5oc6ccccc6c5cc43)nc(-c3ccccc3)c21. The van der Waals surface area contributed by atoms with Gasteiger partial charge in [-0.1, -0.05) is 116 Å². The minimum atomic E-state index is -2.05. The molecule has 0 fully saturated rings. The van der Waals surface area contributed by atoms with Crippen LogP contribution >= 0.6 is 0 Å². The van der Waals surface area contributed by atoms with Gasteiger partial charge in [0, 0.05) is 32.7 Å². The second kappa shape index (κ2) is 9.61. The monoisotopic (exact) mass is 619 g/mol. The Morgan fingerprint density at radius 2 is 1.21 bits per heavy atom. The molecule has 4 heterocycles. The van der Waals surface area contributed by atoms with Crippen LogP contribution in [0, 0.1) is 0 Å². The second-order valence-electron chi connectivity index (χ2n) is 13.0. The average molecular weight is 620 g/mol. The molecule has 3 aromatic heterocycles. The maximum Gasteiger partial charge on any atom is 0.162 e. The molecule has 0 amide bonds. The Morgan fingerprint density at radius 1 is 0.532 bits per heavy atom. The molecule has 222 valence electrons. The van der Waals surface area contributed by atoms with Crippen molar-refractivity contribution in [3.05, 3.63) is 140 Å². The van der Waals surface area contributed by atoms with E-state index in [4.69, 9.17) is 14.4 Å². The van der Waals surface area contributed by atoms with Gasteiger partial charge in [0.15, 0.2) is 5.82 Å². The van der Waals surface area contributed by atoms with E-state index in [-0.39, 0.29) is 0 Å². The van der Waals surface area contributed by atoms with Gasteiger partial charge in [-0.3, -0.25) is 0 Å². The Morgan fingerprint density at radius 3 is 2.09 bits per heavy atom. The Hall–Kier alpha value is -5.78. The molecule has 1 aliphatic rings. The van der Waals surface area contributed by atoms with E-state index < -0.39 is 8.07 Å². The zero-order valence-electron chi connectivity index (χ0n) is 26.0. The first-order chi connectivity index (χ1) is 23.1. The average Bonchev–Trinajstić information content (AvgIpc) is 3.72. The van der Waals surface area contributed by atoms with Crippen LogP contribution in [0.4, 0.5) is 0 Å². The molecule has 0 aliphatic carbocycles. The summed E-state index contributed by atoms with van der Waals surface area (Å²) in [5, 5.41) is 7.31. The molecular formula is C42H29N3OSi. The Kier molecular flexibility index (Phi) is 5.41. The summed E-state index contributed by atoms with van der Waals surface area (Å²) in [7, 11) is -2.05. The normalized spacial score (nSPS) is 13.5. The van der Waals surface area contributed by atoms with Crippen molar-refractivity contribution in [3.8, 4) is 39.6 Å². The number of hydrogen-bond acceptors (Lipinski definition) is 3. The number of furan rings is 1. The van der Waals surface area contributed by atoms with E-state index in [1.807, 2.05) is 12.1 Å². The highest BCUT2D eigenvalue weighted by molar-refractivity contribution is 7.04. The zero-order valence-corrected chi connectivity index (χ0v) is 27.0. The summed E-state index contributed by atoms with van der Waals surface area (Å²) in [5.41, 5.74) is 10.6. The summed E-state index contributed by atoms with van der Waals surface area (Å²) in [4.78, 5) is 10.9. The molecule has 0 atom stereocenters. The van der Waals surface area contributed by atoms with Gasteiger partial charge in [0.05, 0.1) is 28.1 Å². The first kappa shape index (κ1) is 26.4. The molecule has 0 radical (unpaired) electrons. The molecule has 10 rings (SSSR count). The highest BCUT2D eigenvalue weighted by Gasteiger charge is 2.41. The molecule has 0 spiro atoms. The van der Waals surface area contributed by atoms with Gasteiger partial charge in [-0.15, -0.1) is 0 Å². The van der Waals surface area contributed by atoms with Gasteiger partial charge in [0.1, 0.15) is 19.2 Å². The van der Waals surface area contributed by atoms with Crippen molar-refractivity contribution in [2.75, 3.05) is 0 Å². The number of benzene rings is 6. The third-order valence-electron chi connectivity index (χ3n) is 9.99. The largest absolute Gasteiger partial charge is 0.456 e. The summed E-state index contributed by atoms with van der Waals surface area (Å²) in [6.07, 6.45) is 0. The lowest BCUT2D eigenvalue weighted by Crippen LogP contribution is -2.50. The first-order valence-corrected chi connectivity index (χ1v) is 19.1. The summed E-state index contributed by atoms with van der Waals surface area (Å²) in [6.45, 7) is 4.86. The predicted octanol–water partition coefficient (Wildman–Crippen LogP) is 9.61. The third-order valence-corrected chi connectivity index (χ3v) is 13.5. The predicted molar refractivity (Wildman–Crippen MR) is 197 cm³/mol. The van der Waals surface area contributed by atoms with E-state index in [1.165, 1.54) is 21.3 Å². The van der Waals surface area contributed by atoms with Gasteiger partial charge < -0.3 is 8.98 Å². The molecule has 9 aromatic rings. The van der Waals surface area contributed by atoms with Crippen LogP contribution in [-0.2, 0) is 0 Å². The highest BCUT2D eigenvalue weighted by Crippen LogP contribution is 2.41. The molecule has 47 heavy (non-hydrogen) atoms. The molecule has 0 saturated heterocycles. The van der Waals surface area contributed by atoms with Crippen LogP contribution in [0.5, 0.6) is 0 Å². The first-order valence-electron chi connectivity index (χ1n) is 16.1. The minimum Gasteiger partial charge on any atom is -0.456 e. The van der Waals surface area contributed by atoms with Crippen molar-refractivity contribution < 1.29 is 4.42 Å². The quantitative estimate of drug-likeness (QED) is 0.185. The van der Waals surface area contributed by atoms with Gasteiger partial charge in [0.2, 0.25) is 0 Å². The van der Waals surface area contributed by atoms with Crippen molar-refractivity contribution in [3.63, 3.8) is 0 Å². The van der Waals surface area contributed by atoms with E-state index in [0.717, 1.165) is 72.4 Å². The molecule has 5 heteroatoms. The number of rotatable bonds is 3. The van der Waals surface area contributed by atoms with Gasteiger partial charge >= 0.3 is 0 Å². The number of para-hydroxylation sites is 3. The van der Waals surface area contributed by atoms with Crippen molar-refractivity contribution >= 4 is 62.2 Å². The van der Waals surface area contributed by atoms with E-state index in [1.54, 1.807) is 0 Å². The lowest BCUT2D eigenvalue weighted by molar-refractivity contribution is 0.669. The van der Waals surface area contributed by atoms with Crippen LogP contribution in [-0.4, -0.2) is 22.6 Å². The van der Waals surface area contributed by atoms with Crippen molar-refractivity contribution in [1.82, 2.24) is 14.5 Å². The summed E-state index contributed by atoms with van der Waals surface area (Å²) in [6, 6.07) is 49.4. The van der Waals surface area contributed by atoms with Crippen LogP contribution in [0.3, 0.4) is 0 Å². The number of aromatic nitrogens is 3. The van der Waals surface area contributed by atoms with Crippen LogP contribution < -0.4 is 10.4 Å². The molecular weight excluding hydrogens is 591 g/mol. The maximum absolute atomic E-state index is 6.33. The molecule has 1 aliphatic heterocycles. The topological polar surface area (TPSA) is 43.9 Å². The Balaban J connectivity index is 1.29. The number of nitrogens with zero attached hydrogens (tertiary/aromatic N) is 3. The van der Waals surface area contributed by atoms with Crippen molar-refractivity contribution in [2.24, 2.45) is 0 Å². The second-order valence-corrected chi connectivity index (χ2v) is 17.3. The molecule has 4 nitrogen and oxygen atoms in total. The van der Waals surface area contributed by atoms with Crippen LogP contribution in [0.25, 0.3) is 83.3 Å². The van der Waals surface area contributed by atoms with Crippen molar-refractivity contribution in [1.29, 1.82) is 0 Å². The zero-order chi connectivity index (χ0) is 31.3. The van der Waals surface area contributed by atoms with E-state index in [9.17, 15) is 0 Å². The minimum absolute atomic E-state index is 0.737. The third kappa shape index (κ3) is 3.69. The van der Waals surface area contributed by atoms with E-state index in [2.05, 4.69) is 145 Å². The van der Waals surface area contributed by atoms with Gasteiger partial charge in [0.25, 0.3) is 0 Å². The fraction of sp³-hybridized carbons (Fsp3) is 0.0476. The van der Waals surface area contributed by atoms with Crippen molar-refractivity contribution in [2.45, 2.75) is 13.1 Å². The standard InChI is InChI=1S/C42H29N3OSi/c1-47(2)38-23-13-9-19-30(38)40-41(47)39(26-14-4-3-5-15-26)43-42(44-40)29-18-7-11-21-34(29)45-33-20-10-6-16-27(33)31-25-37-32(24-35(31)45)28-17-8-12-22-36(28)46-37/h3-25H,1-2H3. The van der Waals surface area contributed by atoms with Gasteiger partial charge in [-0.25, -0.2) is 9.97 Å². The van der Waals surface area contributed by atoms with Gasteiger partial charge in [-0.05, 0) is 52.3 Å². The summed E-state index contributed by atoms with van der Waals surface area (Å²) in [5.74, 6) is 0.737. The maximum atomic E-state index is 6.33. The smallest absolute Gasteiger partial charge is 0.162 e. The lowest BCUT2D eigenvalue weighted by atomic mass is 10.1. The lowest BCUT2D eigenvalue weighted by Gasteiger charge is -2.22. The summed E-state index contributed by atoms with van der Waals surface area (Å²) < 4.78 is 8.72. The highest BCUT2D eigenvalue weighted by atomic mass is 28.3. The Labute approximate surface area is 272 Å². The molecule has 0 N–H and O–H groups in total. The fourth-order valence-corrected chi connectivity index (χ4v) is 11.1. The Bertz CT molecular complexity index is 2720. The molecule has 0 saturated carbocycles. The molecule has 0 bridgehead atoms. The number of fused-ring (bicyclic) bond motifs is 9.